The summed E-state index contributed by atoms with van der Waals surface area (Å²) in [6.45, 7) is 3.25. The van der Waals surface area contributed by atoms with Gasteiger partial charge in [0, 0.05) is 5.38 Å². The van der Waals surface area contributed by atoms with E-state index in [1.54, 1.807) is 13.8 Å². The molecule has 0 saturated carbocycles. The number of hydrogen-bond acceptors (Lipinski definition) is 1. The number of carbonyl (C=O) groups is 1. The van der Waals surface area contributed by atoms with Gasteiger partial charge in [0.2, 0.25) is 0 Å². The van der Waals surface area contributed by atoms with E-state index in [1.165, 1.54) is 0 Å². The number of alkyl halides is 1. The Morgan fingerprint density at radius 2 is 2.00 bits per heavy atom. The smallest absolute Gasteiger partial charge is 0.307 e. The standard InChI is InChI=1S/C5H9ClO2/c1-3(4(2)6)5(7)8/h3-4H,1-2H3,(H,7,8)/t3?,4-/m0/s1. The molecule has 0 saturated heterocycles. The lowest BCUT2D eigenvalue weighted by Crippen LogP contribution is -2.17. The number of carboxylic acid groups (broad SMARTS) is 1. The molecule has 1 unspecified atom stereocenters. The number of hydrogen-bond donors (Lipinski definition) is 1. The monoisotopic (exact) mass is 136 g/mol. The molecule has 0 heterocycles. The number of aliphatic carboxylic acids is 1. The summed E-state index contributed by atoms with van der Waals surface area (Å²) >= 11 is 5.44. The van der Waals surface area contributed by atoms with Gasteiger partial charge in [-0.25, -0.2) is 0 Å². The molecule has 0 aromatic carbocycles. The second-order valence-electron chi connectivity index (χ2n) is 1.80. The minimum Gasteiger partial charge on any atom is -0.481 e. The average Bonchev–Trinajstić information content (AvgIpc) is 1.64. The Morgan fingerprint density at radius 1 is 1.62 bits per heavy atom. The lowest BCUT2D eigenvalue weighted by Gasteiger charge is -2.05. The van der Waals surface area contributed by atoms with Crippen molar-refractivity contribution in [1.29, 1.82) is 0 Å². The molecule has 0 aliphatic carbocycles. The van der Waals surface area contributed by atoms with Crippen molar-refractivity contribution >= 4 is 17.6 Å². The molecule has 0 fully saturated rings. The molecule has 0 radical (unpaired) electrons. The fourth-order valence-electron chi connectivity index (χ4n) is 0.196. The highest BCUT2D eigenvalue weighted by Gasteiger charge is 2.15. The van der Waals surface area contributed by atoms with E-state index in [0.717, 1.165) is 0 Å². The summed E-state index contributed by atoms with van der Waals surface area (Å²) in [6.07, 6.45) is 0. The Balaban J connectivity index is 3.64. The molecular formula is C5H9ClO2. The molecule has 8 heavy (non-hydrogen) atoms. The first-order valence-electron chi connectivity index (χ1n) is 2.42. The highest BCUT2D eigenvalue weighted by Crippen LogP contribution is 2.08. The third-order valence-corrected chi connectivity index (χ3v) is 1.46. The normalized spacial score (nSPS) is 17.4. The predicted molar refractivity (Wildman–Crippen MR) is 32.1 cm³/mol. The van der Waals surface area contributed by atoms with Gasteiger partial charge in [-0.05, 0) is 6.92 Å². The summed E-state index contributed by atoms with van der Waals surface area (Å²) < 4.78 is 0. The molecule has 0 aliphatic rings. The van der Waals surface area contributed by atoms with E-state index < -0.39 is 11.9 Å². The lowest BCUT2D eigenvalue weighted by atomic mass is 10.1. The van der Waals surface area contributed by atoms with E-state index in [9.17, 15) is 4.79 Å². The van der Waals surface area contributed by atoms with E-state index in [1.807, 2.05) is 0 Å². The van der Waals surface area contributed by atoms with Crippen molar-refractivity contribution in [2.45, 2.75) is 19.2 Å². The molecule has 3 heteroatoms. The van der Waals surface area contributed by atoms with Crippen molar-refractivity contribution in [1.82, 2.24) is 0 Å². The predicted octanol–water partition coefficient (Wildman–Crippen LogP) is 1.33. The van der Waals surface area contributed by atoms with Crippen LogP contribution in [-0.4, -0.2) is 16.5 Å². The maximum Gasteiger partial charge on any atom is 0.307 e. The summed E-state index contributed by atoms with van der Waals surface area (Å²) in [7, 11) is 0. The molecule has 2 nitrogen and oxygen atoms in total. The molecule has 0 aliphatic heterocycles. The van der Waals surface area contributed by atoms with Gasteiger partial charge >= 0.3 is 5.97 Å². The third kappa shape index (κ3) is 2.17. The second kappa shape index (κ2) is 2.92. The summed E-state index contributed by atoms with van der Waals surface area (Å²) in [6, 6.07) is 0. The van der Waals surface area contributed by atoms with E-state index in [0.29, 0.717) is 0 Å². The topological polar surface area (TPSA) is 37.3 Å². The van der Waals surface area contributed by atoms with Crippen molar-refractivity contribution in [3.05, 3.63) is 0 Å². The van der Waals surface area contributed by atoms with Crippen LogP contribution in [0.3, 0.4) is 0 Å². The largest absolute Gasteiger partial charge is 0.481 e. The molecule has 0 aromatic rings. The van der Waals surface area contributed by atoms with Crippen LogP contribution in [0.4, 0.5) is 0 Å². The SMILES string of the molecule is CC(C(=O)O)[C@H](C)Cl. The minimum atomic E-state index is -0.840. The highest BCUT2D eigenvalue weighted by molar-refractivity contribution is 6.21. The summed E-state index contributed by atoms with van der Waals surface area (Å²) in [5.41, 5.74) is 0. The molecule has 0 rings (SSSR count). The third-order valence-electron chi connectivity index (χ3n) is 1.08. The fraction of sp³-hybridized carbons (Fsp3) is 0.800. The van der Waals surface area contributed by atoms with Crippen LogP contribution in [0.15, 0.2) is 0 Å². The zero-order chi connectivity index (χ0) is 6.73. The molecule has 48 valence electrons. The molecule has 2 atom stereocenters. The minimum absolute atomic E-state index is 0.285. The highest BCUT2D eigenvalue weighted by atomic mass is 35.5. The van der Waals surface area contributed by atoms with E-state index in [-0.39, 0.29) is 5.38 Å². The van der Waals surface area contributed by atoms with Crippen LogP contribution < -0.4 is 0 Å². The van der Waals surface area contributed by atoms with Crippen molar-refractivity contribution in [3.8, 4) is 0 Å². The fourth-order valence-corrected chi connectivity index (χ4v) is 0.304. The van der Waals surface area contributed by atoms with Crippen LogP contribution >= 0.6 is 11.6 Å². The van der Waals surface area contributed by atoms with Crippen LogP contribution in [0.1, 0.15) is 13.8 Å². The van der Waals surface area contributed by atoms with Crippen molar-refractivity contribution < 1.29 is 9.90 Å². The maximum absolute atomic E-state index is 10.1. The van der Waals surface area contributed by atoms with Gasteiger partial charge in [-0.3, -0.25) is 4.79 Å². The average molecular weight is 137 g/mol. The second-order valence-corrected chi connectivity index (χ2v) is 2.49. The molecular weight excluding hydrogens is 128 g/mol. The Labute approximate surface area is 53.5 Å². The quantitative estimate of drug-likeness (QED) is 0.582. The molecule has 0 bridgehead atoms. The first kappa shape index (κ1) is 7.76. The zero-order valence-corrected chi connectivity index (χ0v) is 5.64. The van der Waals surface area contributed by atoms with Crippen LogP contribution in [0, 0.1) is 5.92 Å². The van der Waals surface area contributed by atoms with Crippen LogP contribution in [0.25, 0.3) is 0 Å². The van der Waals surface area contributed by atoms with Gasteiger partial charge in [0.15, 0.2) is 0 Å². The zero-order valence-electron chi connectivity index (χ0n) is 4.89. The number of rotatable bonds is 2. The van der Waals surface area contributed by atoms with Crippen molar-refractivity contribution in [2.75, 3.05) is 0 Å². The number of halogens is 1. The summed E-state index contributed by atoms with van der Waals surface area (Å²) in [5, 5.41) is 7.98. The van der Waals surface area contributed by atoms with Gasteiger partial charge in [0.1, 0.15) is 0 Å². The molecule has 0 aromatic heterocycles. The van der Waals surface area contributed by atoms with Crippen LogP contribution in [-0.2, 0) is 4.79 Å². The molecule has 0 amide bonds. The lowest BCUT2D eigenvalue weighted by molar-refractivity contribution is -0.141. The van der Waals surface area contributed by atoms with Crippen LogP contribution in [0.2, 0.25) is 0 Å². The van der Waals surface area contributed by atoms with Gasteiger partial charge in [0.25, 0.3) is 0 Å². The number of carboxylic acids is 1. The van der Waals surface area contributed by atoms with Crippen molar-refractivity contribution in [2.24, 2.45) is 5.92 Å². The summed E-state index contributed by atoms with van der Waals surface area (Å²) in [4.78, 5) is 10.1. The van der Waals surface area contributed by atoms with Gasteiger partial charge in [-0.15, -0.1) is 11.6 Å². The van der Waals surface area contributed by atoms with Gasteiger partial charge in [-0.2, -0.15) is 0 Å². The first-order valence-corrected chi connectivity index (χ1v) is 2.86. The van der Waals surface area contributed by atoms with E-state index >= 15 is 0 Å². The van der Waals surface area contributed by atoms with Gasteiger partial charge in [0.05, 0.1) is 5.92 Å². The van der Waals surface area contributed by atoms with Gasteiger partial charge < -0.3 is 5.11 Å². The maximum atomic E-state index is 10.1. The Bertz CT molecular complexity index is 90.4. The van der Waals surface area contributed by atoms with Crippen molar-refractivity contribution in [3.63, 3.8) is 0 Å². The van der Waals surface area contributed by atoms with Crippen LogP contribution in [0.5, 0.6) is 0 Å². The van der Waals surface area contributed by atoms with E-state index in [2.05, 4.69) is 0 Å². The summed E-state index contributed by atoms with van der Waals surface area (Å²) in [5.74, 6) is -1.29. The van der Waals surface area contributed by atoms with E-state index in [4.69, 9.17) is 16.7 Å². The Kier molecular flexibility index (Phi) is 2.84. The first-order chi connectivity index (χ1) is 3.55. The van der Waals surface area contributed by atoms with Gasteiger partial charge in [-0.1, -0.05) is 6.92 Å². The molecule has 0 spiro atoms. The molecule has 1 N–H and O–H groups in total. The Hall–Kier alpha value is -0.240. The Morgan fingerprint density at radius 3 is 2.00 bits per heavy atom.